The first-order chi connectivity index (χ1) is 10.4. The smallest absolute Gasteiger partial charge is 0.307 e. The molecule has 0 aromatic heterocycles. The van der Waals surface area contributed by atoms with Crippen molar-refractivity contribution in [3.63, 3.8) is 0 Å². The molecule has 0 spiro atoms. The van der Waals surface area contributed by atoms with E-state index in [0.29, 0.717) is 16.3 Å². The lowest BCUT2D eigenvalue weighted by Crippen LogP contribution is -2.35. The Morgan fingerprint density at radius 2 is 2.00 bits per heavy atom. The minimum Gasteiger partial charge on any atom is -0.481 e. The van der Waals surface area contributed by atoms with Gasteiger partial charge in [0.25, 0.3) is 0 Å². The number of nitrogens with one attached hydrogen (secondary N) is 1. The Morgan fingerprint density at radius 1 is 1.27 bits per heavy atom. The van der Waals surface area contributed by atoms with E-state index in [2.05, 4.69) is 5.32 Å². The molecule has 2 rings (SSSR count). The Labute approximate surface area is 133 Å². The maximum absolute atomic E-state index is 12.4. The average molecular weight is 322 g/mol. The third-order valence-electron chi connectivity index (χ3n) is 3.68. The number of carboxylic acids is 1. The van der Waals surface area contributed by atoms with Crippen LogP contribution in [0.4, 0.5) is 5.69 Å². The van der Waals surface area contributed by atoms with E-state index in [-0.39, 0.29) is 18.6 Å². The lowest BCUT2D eigenvalue weighted by Gasteiger charge is -2.25. The molecule has 0 fully saturated rings. The molecule has 0 aliphatic heterocycles. The number of carbonyl (C=O) groups excluding carboxylic acids is 2. The van der Waals surface area contributed by atoms with Gasteiger partial charge in [0.2, 0.25) is 5.91 Å². The number of allylic oxidation sites excluding steroid dienone is 2. The SMILES string of the molecule is CC(=O)c1cccc(NC(=O)[C@H]2CC(Cl)=CC[C@@H]2C(=O)O)c1. The van der Waals surface area contributed by atoms with Crippen LogP contribution < -0.4 is 5.32 Å². The van der Waals surface area contributed by atoms with E-state index in [1.807, 2.05) is 0 Å². The Hall–Kier alpha value is -2.14. The number of halogens is 1. The quantitative estimate of drug-likeness (QED) is 0.835. The first kappa shape index (κ1) is 16.2. The van der Waals surface area contributed by atoms with Crippen LogP contribution in [0, 0.1) is 11.8 Å². The molecule has 0 saturated carbocycles. The van der Waals surface area contributed by atoms with E-state index in [9.17, 15) is 19.5 Å². The van der Waals surface area contributed by atoms with Gasteiger partial charge < -0.3 is 10.4 Å². The molecule has 1 amide bonds. The van der Waals surface area contributed by atoms with Gasteiger partial charge in [-0.15, -0.1) is 0 Å². The number of aliphatic carboxylic acids is 1. The highest BCUT2D eigenvalue weighted by Gasteiger charge is 2.36. The number of ketones is 1. The number of hydrogen-bond donors (Lipinski definition) is 2. The van der Waals surface area contributed by atoms with Crippen LogP contribution in [0.1, 0.15) is 30.1 Å². The molecule has 0 radical (unpaired) electrons. The number of amides is 1. The summed E-state index contributed by atoms with van der Waals surface area (Å²) in [4.78, 5) is 35.0. The van der Waals surface area contributed by atoms with E-state index in [1.165, 1.54) is 6.92 Å². The van der Waals surface area contributed by atoms with Crippen LogP contribution in [0.25, 0.3) is 0 Å². The third-order valence-corrected chi connectivity index (χ3v) is 3.99. The highest BCUT2D eigenvalue weighted by Crippen LogP contribution is 2.32. The summed E-state index contributed by atoms with van der Waals surface area (Å²) in [6, 6.07) is 6.53. The van der Waals surface area contributed by atoms with Gasteiger partial charge in [-0.2, -0.15) is 0 Å². The second kappa shape index (κ2) is 6.75. The van der Waals surface area contributed by atoms with Crippen molar-refractivity contribution in [3.8, 4) is 0 Å². The minimum atomic E-state index is -1.02. The van der Waals surface area contributed by atoms with Gasteiger partial charge in [0.1, 0.15) is 0 Å². The van der Waals surface area contributed by atoms with E-state index < -0.39 is 23.7 Å². The van der Waals surface area contributed by atoms with Crippen molar-refractivity contribution in [1.82, 2.24) is 0 Å². The topological polar surface area (TPSA) is 83.5 Å². The van der Waals surface area contributed by atoms with E-state index in [0.717, 1.165) is 0 Å². The maximum atomic E-state index is 12.4. The molecule has 6 heteroatoms. The van der Waals surface area contributed by atoms with Crippen molar-refractivity contribution in [1.29, 1.82) is 0 Å². The highest BCUT2D eigenvalue weighted by molar-refractivity contribution is 6.29. The largest absolute Gasteiger partial charge is 0.481 e. The molecule has 1 aromatic rings. The summed E-state index contributed by atoms with van der Waals surface area (Å²) in [5.74, 6) is -3.05. The van der Waals surface area contributed by atoms with Crippen molar-refractivity contribution in [2.24, 2.45) is 11.8 Å². The second-order valence-electron chi connectivity index (χ2n) is 5.27. The number of benzene rings is 1. The molecule has 2 atom stereocenters. The summed E-state index contributed by atoms with van der Waals surface area (Å²) in [5, 5.41) is 12.4. The van der Waals surface area contributed by atoms with Gasteiger partial charge in [-0.25, -0.2) is 0 Å². The molecule has 0 bridgehead atoms. The number of anilines is 1. The van der Waals surface area contributed by atoms with Gasteiger partial charge in [0.15, 0.2) is 5.78 Å². The Morgan fingerprint density at radius 3 is 2.64 bits per heavy atom. The highest BCUT2D eigenvalue weighted by atomic mass is 35.5. The lowest BCUT2D eigenvalue weighted by molar-refractivity contribution is -0.146. The second-order valence-corrected chi connectivity index (χ2v) is 5.75. The molecular weight excluding hydrogens is 306 g/mol. The van der Waals surface area contributed by atoms with Crippen LogP contribution in [0.15, 0.2) is 35.4 Å². The summed E-state index contributed by atoms with van der Waals surface area (Å²) < 4.78 is 0. The fraction of sp³-hybridized carbons (Fsp3) is 0.312. The van der Waals surface area contributed by atoms with E-state index in [1.54, 1.807) is 30.3 Å². The Bertz CT molecular complexity index is 653. The van der Waals surface area contributed by atoms with Gasteiger partial charge in [-0.05, 0) is 31.9 Å². The summed E-state index contributed by atoms with van der Waals surface area (Å²) in [7, 11) is 0. The molecule has 0 unspecified atom stereocenters. The maximum Gasteiger partial charge on any atom is 0.307 e. The Balaban J connectivity index is 2.17. The van der Waals surface area contributed by atoms with Crippen molar-refractivity contribution in [3.05, 3.63) is 40.9 Å². The third kappa shape index (κ3) is 3.74. The molecule has 0 heterocycles. The van der Waals surface area contributed by atoms with Crippen LogP contribution >= 0.6 is 11.6 Å². The normalized spacial score (nSPS) is 20.9. The van der Waals surface area contributed by atoms with Crippen LogP contribution in [-0.2, 0) is 9.59 Å². The number of hydrogen-bond acceptors (Lipinski definition) is 3. The van der Waals surface area contributed by atoms with Crippen LogP contribution in [0.2, 0.25) is 0 Å². The molecule has 116 valence electrons. The average Bonchev–Trinajstić information content (AvgIpc) is 2.47. The molecular formula is C16H16ClNO4. The van der Waals surface area contributed by atoms with E-state index >= 15 is 0 Å². The Kier molecular flexibility index (Phi) is 4.98. The fourth-order valence-electron chi connectivity index (χ4n) is 2.45. The molecule has 1 aliphatic carbocycles. The summed E-state index contributed by atoms with van der Waals surface area (Å²) in [6.45, 7) is 1.44. The predicted molar refractivity (Wildman–Crippen MR) is 82.9 cm³/mol. The first-order valence-corrected chi connectivity index (χ1v) is 7.25. The number of Topliss-reactive ketones (excluding diaryl/α,β-unsaturated/α-hetero) is 1. The van der Waals surface area contributed by atoms with Gasteiger partial charge in [-0.1, -0.05) is 29.8 Å². The van der Waals surface area contributed by atoms with Gasteiger partial charge in [0, 0.05) is 16.3 Å². The zero-order valence-electron chi connectivity index (χ0n) is 12.0. The zero-order chi connectivity index (χ0) is 16.3. The summed E-state index contributed by atoms with van der Waals surface area (Å²) >= 11 is 5.94. The molecule has 1 aromatic carbocycles. The standard InChI is InChI=1S/C16H16ClNO4/c1-9(19)10-3-2-4-12(7-10)18-15(20)14-8-11(17)5-6-13(14)16(21)22/h2-5,7,13-14H,6,8H2,1H3,(H,18,20)(H,21,22)/t13-,14-/m0/s1. The van der Waals surface area contributed by atoms with Crippen LogP contribution in [0.3, 0.4) is 0 Å². The van der Waals surface area contributed by atoms with Crippen molar-refractivity contribution in [2.75, 3.05) is 5.32 Å². The molecule has 5 nitrogen and oxygen atoms in total. The lowest BCUT2D eigenvalue weighted by atomic mass is 9.82. The van der Waals surface area contributed by atoms with Gasteiger partial charge in [-0.3, -0.25) is 14.4 Å². The number of carbonyl (C=O) groups is 3. The monoisotopic (exact) mass is 321 g/mol. The predicted octanol–water partition coefficient (Wildman–Crippen LogP) is 3.06. The summed E-state index contributed by atoms with van der Waals surface area (Å²) in [6.07, 6.45) is 2.08. The van der Waals surface area contributed by atoms with Crippen molar-refractivity contribution < 1.29 is 19.5 Å². The summed E-state index contributed by atoms with van der Waals surface area (Å²) in [5.41, 5.74) is 0.946. The van der Waals surface area contributed by atoms with Crippen molar-refractivity contribution in [2.45, 2.75) is 19.8 Å². The minimum absolute atomic E-state index is 0.108. The fourth-order valence-corrected chi connectivity index (χ4v) is 2.71. The molecule has 1 aliphatic rings. The number of carboxylic acid groups (broad SMARTS) is 1. The van der Waals surface area contributed by atoms with Crippen LogP contribution in [-0.4, -0.2) is 22.8 Å². The molecule has 0 saturated heterocycles. The first-order valence-electron chi connectivity index (χ1n) is 6.87. The molecule has 22 heavy (non-hydrogen) atoms. The van der Waals surface area contributed by atoms with E-state index in [4.69, 9.17) is 11.6 Å². The van der Waals surface area contributed by atoms with Gasteiger partial charge in [0.05, 0.1) is 11.8 Å². The van der Waals surface area contributed by atoms with Crippen LogP contribution in [0.5, 0.6) is 0 Å². The zero-order valence-corrected chi connectivity index (χ0v) is 12.8. The molecule has 2 N–H and O–H groups in total. The van der Waals surface area contributed by atoms with Gasteiger partial charge >= 0.3 is 5.97 Å². The number of rotatable bonds is 4. The van der Waals surface area contributed by atoms with Crippen molar-refractivity contribution >= 4 is 34.9 Å².